The fourth-order valence-electron chi connectivity index (χ4n) is 2.83. The number of rotatable bonds is 11. The summed E-state index contributed by atoms with van der Waals surface area (Å²) < 4.78 is 1.29. The second-order valence-electron chi connectivity index (χ2n) is 6.89. The van der Waals surface area contributed by atoms with Gasteiger partial charge in [-0.2, -0.15) is 0 Å². The molecule has 10 heteroatoms. The van der Waals surface area contributed by atoms with Crippen molar-refractivity contribution in [3.05, 3.63) is 51.5 Å². The molecule has 2 aromatic rings. The third-order valence-corrected chi connectivity index (χ3v) is 4.67. The smallest absolute Gasteiger partial charge is 0.322 e. The molecule has 31 heavy (non-hydrogen) atoms. The number of aliphatic carboxylic acids is 1. The Morgan fingerprint density at radius 1 is 1.06 bits per heavy atom. The van der Waals surface area contributed by atoms with Crippen molar-refractivity contribution in [2.75, 3.05) is 13.1 Å². The van der Waals surface area contributed by atoms with Gasteiger partial charge in [-0.25, -0.2) is 4.98 Å². The Labute approximate surface area is 184 Å². The van der Waals surface area contributed by atoms with Crippen molar-refractivity contribution in [1.29, 1.82) is 0 Å². The molecule has 1 aromatic heterocycles. The van der Waals surface area contributed by atoms with Crippen LogP contribution < -0.4 is 16.2 Å². The van der Waals surface area contributed by atoms with Crippen molar-refractivity contribution in [3.8, 4) is 11.3 Å². The predicted molar refractivity (Wildman–Crippen MR) is 116 cm³/mol. The van der Waals surface area contributed by atoms with Gasteiger partial charge in [-0.15, -0.1) is 0 Å². The lowest BCUT2D eigenvalue weighted by Crippen LogP contribution is -2.41. The number of nitrogens with one attached hydrogen (secondary N) is 2. The quantitative estimate of drug-likeness (QED) is 0.448. The van der Waals surface area contributed by atoms with E-state index in [1.165, 1.54) is 10.6 Å². The fraction of sp³-hybridized carbons (Fsp3) is 0.381. The lowest BCUT2D eigenvalue weighted by Gasteiger charge is -2.14. The van der Waals surface area contributed by atoms with Crippen LogP contribution in [0.4, 0.5) is 0 Å². The average Bonchev–Trinajstić information content (AvgIpc) is 2.73. The van der Waals surface area contributed by atoms with Gasteiger partial charge in [0.25, 0.3) is 5.56 Å². The van der Waals surface area contributed by atoms with E-state index in [4.69, 9.17) is 16.7 Å². The number of carbonyl (C=O) groups is 3. The topological polar surface area (TPSA) is 130 Å². The standard InChI is InChI=1S/C21H25ClN4O5/c1-2-3-4-5-17-25-16(14-6-8-15(22)9-7-14)10-20(29)26(17)13-19(28)23-11-18(27)24-12-21(30)31/h6-10H,2-5,11-13H2,1H3,(H,23,28)(H,24,27)(H,30,31). The van der Waals surface area contributed by atoms with Gasteiger partial charge in [-0.1, -0.05) is 43.5 Å². The SMILES string of the molecule is CCCCCc1nc(-c2ccc(Cl)cc2)cc(=O)n1CC(=O)NCC(=O)NCC(=O)O. The number of hydrogen-bond acceptors (Lipinski definition) is 5. The molecule has 1 heterocycles. The number of benzene rings is 1. The van der Waals surface area contributed by atoms with E-state index >= 15 is 0 Å². The van der Waals surface area contributed by atoms with Crippen LogP contribution in [0.15, 0.2) is 35.1 Å². The Bertz CT molecular complexity index is 988. The molecule has 0 radical (unpaired) electrons. The Balaban J connectivity index is 2.17. The lowest BCUT2D eigenvalue weighted by molar-refractivity contribution is -0.137. The first-order valence-electron chi connectivity index (χ1n) is 9.92. The second-order valence-corrected chi connectivity index (χ2v) is 7.33. The molecule has 0 aliphatic rings. The Kier molecular flexibility index (Phi) is 9.20. The summed E-state index contributed by atoms with van der Waals surface area (Å²) in [7, 11) is 0. The molecule has 0 saturated carbocycles. The van der Waals surface area contributed by atoms with E-state index < -0.39 is 24.3 Å². The van der Waals surface area contributed by atoms with Gasteiger partial charge in [0, 0.05) is 23.1 Å². The summed E-state index contributed by atoms with van der Waals surface area (Å²) in [6, 6.07) is 8.33. The van der Waals surface area contributed by atoms with Crippen LogP contribution in [-0.2, 0) is 27.3 Å². The number of carboxylic acid groups (broad SMARTS) is 1. The summed E-state index contributed by atoms with van der Waals surface area (Å²) in [6.45, 7) is 0.849. The van der Waals surface area contributed by atoms with Crippen molar-refractivity contribution < 1.29 is 19.5 Å². The highest BCUT2D eigenvalue weighted by Crippen LogP contribution is 2.19. The third-order valence-electron chi connectivity index (χ3n) is 4.42. The van der Waals surface area contributed by atoms with Crippen molar-refractivity contribution in [2.45, 2.75) is 39.2 Å². The summed E-state index contributed by atoms with van der Waals surface area (Å²) in [5, 5.41) is 13.6. The number of unbranched alkanes of at least 4 members (excludes halogenated alkanes) is 2. The van der Waals surface area contributed by atoms with Crippen LogP contribution in [-0.4, -0.2) is 45.5 Å². The molecule has 0 saturated heterocycles. The third kappa shape index (κ3) is 7.86. The first-order chi connectivity index (χ1) is 14.8. The van der Waals surface area contributed by atoms with Crippen LogP contribution in [0, 0.1) is 0 Å². The molecule has 0 aliphatic carbocycles. The minimum atomic E-state index is -1.19. The van der Waals surface area contributed by atoms with Crippen LogP contribution >= 0.6 is 11.6 Å². The first kappa shape index (κ1) is 24.1. The second kappa shape index (κ2) is 11.8. The molecule has 3 N–H and O–H groups in total. The summed E-state index contributed by atoms with van der Waals surface area (Å²) in [4.78, 5) is 51.6. The molecule has 0 aliphatic heterocycles. The molecule has 9 nitrogen and oxygen atoms in total. The maximum absolute atomic E-state index is 12.8. The molecule has 2 amide bonds. The zero-order chi connectivity index (χ0) is 22.8. The van der Waals surface area contributed by atoms with E-state index in [0.717, 1.165) is 24.8 Å². The number of carbonyl (C=O) groups excluding carboxylic acids is 2. The van der Waals surface area contributed by atoms with E-state index in [0.29, 0.717) is 23.0 Å². The van der Waals surface area contributed by atoms with E-state index in [2.05, 4.69) is 22.5 Å². The highest BCUT2D eigenvalue weighted by molar-refractivity contribution is 6.30. The van der Waals surface area contributed by atoms with Gasteiger partial charge in [0.05, 0.1) is 12.2 Å². The molecule has 0 bridgehead atoms. The van der Waals surface area contributed by atoms with Gasteiger partial charge in [-0.3, -0.25) is 23.7 Å². The molecule has 0 atom stereocenters. The Morgan fingerprint density at radius 3 is 2.39 bits per heavy atom. The van der Waals surface area contributed by atoms with E-state index in [-0.39, 0.29) is 18.6 Å². The molecule has 2 rings (SSSR count). The summed E-state index contributed by atoms with van der Waals surface area (Å²) in [5.74, 6) is -1.89. The van der Waals surface area contributed by atoms with Crippen molar-refractivity contribution in [3.63, 3.8) is 0 Å². The van der Waals surface area contributed by atoms with Crippen LogP contribution in [0.5, 0.6) is 0 Å². The van der Waals surface area contributed by atoms with Crippen molar-refractivity contribution in [2.24, 2.45) is 0 Å². The highest BCUT2D eigenvalue weighted by Gasteiger charge is 2.14. The molecule has 166 valence electrons. The number of amides is 2. The zero-order valence-corrected chi connectivity index (χ0v) is 17.9. The molecule has 0 fully saturated rings. The maximum atomic E-state index is 12.8. The summed E-state index contributed by atoms with van der Waals surface area (Å²) in [5.41, 5.74) is 0.861. The van der Waals surface area contributed by atoms with Gasteiger partial charge in [0.2, 0.25) is 11.8 Å². The molecule has 1 aromatic carbocycles. The maximum Gasteiger partial charge on any atom is 0.322 e. The van der Waals surface area contributed by atoms with Crippen LogP contribution in [0.25, 0.3) is 11.3 Å². The van der Waals surface area contributed by atoms with E-state index in [9.17, 15) is 19.2 Å². The molecule has 0 spiro atoms. The van der Waals surface area contributed by atoms with Crippen molar-refractivity contribution in [1.82, 2.24) is 20.2 Å². The number of hydrogen-bond donors (Lipinski definition) is 3. The summed E-state index contributed by atoms with van der Waals surface area (Å²) in [6.07, 6.45) is 3.28. The lowest BCUT2D eigenvalue weighted by atomic mass is 10.1. The fourth-order valence-corrected chi connectivity index (χ4v) is 2.96. The number of carboxylic acids is 1. The Morgan fingerprint density at radius 2 is 1.74 bits per heavy atom. The van der Waals surface area contributed by atoms with E-state index in [1.54, 1.807) is 24.3 Å². The van der Waals surface area contributed by atoms with Crippen LogP contribution in [0.1, 0.15) is 32.0 Å². The minimum absolute atomic E-state index is 0.291. The number of nitrogens with zero attached hydrogens (tertiary/aromatic N) is 2. The largest absolute Gasteiger partial charge is 0.480 e. The van der Waals surface area contributed by atoms with Gasteiger partial charge < -0.3 is 15.7 Å². The van der Waals surface area contributed by atoms with Gasteiger partial charge in [0.15, 0.2) is 0 Å². The van der Waals surface area contributed by atoms with Gasteiger partial charge in [-0.05, 0) is 18.6 Å². The molecular weight excluding hydrogens is 424 g/mol. The van der Waals surface area contributed by atoms with Gasteiger partial charge >= 0.3 is 5.97 Å². The Hall–Kier alpha value is -3.20. The number of aryl methyl sites for hydroxylation is 1. The van der Waals surface area contributed by atoms with Crippen LogP contribution in [0.2, 0.25) is 5.02 Å². The first-order valence-corrected chi connectivity index (χ1v) is 10.3. The zero-order valence-electron chi connectivity index (χ0n) is 17.2. The molecular formula is C21H25ClN4O5. The molecule has 0 unspecified atom stereocenters. The number of halogens is 1. The van der Waals surface area contributed by atoms with Crippen LogP contribution in [0.3, 0.4) is 0 Å². The highest BCUT2D eigenvalue weighted by atomic mass is 35.5. The average molecular weight is 449 g/mol. The summed E-state index contributed by atoms with van der Waals surface area (Å²) >= 11 is 5.93. The predicted octanol–water partition coefficient (Wildman–Crippen LogP) is 1.61. The number of aromatic nitrogens is 2. The normalized spacial score (nSPS) is 10.5. The minimum Gasteiger partial charge on any atom is -0.480 e. The van der Waals surface area contributed by atoms with Gasteiger partial charge in [0.1, 0.15) is 18.9 Å². The van der Waals surface area contributed by atoms with Crippen molar-refractivity contribution >= 4 is 29.4 Å². The van der Waals surface area contributed by atoms with E-state index in [1.807, 2.05) is 0 Å². The monoisotopic (exact) mass is 448 g/mol.